The topological polar surface area (TPSA) is 59.1 Å². The minimum absolute atomic E-state index is 0.0654. The number of hydrogen-bond acceptors (Lipinski definition) is 4. The highest BCUT2D eigenvalue weighted by Crippen LogP contribution is 2.50. The second kappa shape index (κ2) is 5.58. The minimum Gasteiger partial charge on any atom is -0.302 e. The number of anilines is 1. The summed E-state index contributed by atoms with van der Waals surface area (Å²) in [4.78, 5) is 27.4. The second-order valence-corrected chi connectivity index (χ2v) is 6.32. The summed E-state index contributed by atoms with van der Waals surface area (Å²) in [7, 11) is 0. The smallest absolute Gasteiger partial charge is 0.229 e. The van der Waals surface area contributed by atoms with Gasteiger partial charge in [-0.3, -0.25) is 9.59 Å². The van der Waals surface area contributed by atoms with Crippen LogP contribution in [0.5, 0.6) is 0 Å². The van der Waals surface area contributed by atoms with Crippen LogP contribution in [0.2, 0.25) is 5.02 Å². The van der Waals surface area contributed by atoms with Crippen molar-refractivity contribution in [2.75, 3.05) is 5.32 Å². The molecule has 0 radical (unpaired) electrons. The molecule has 1 fully saturated rings. The molecule has 2 unspecified atom stereocenters. The molecule has 1 amide bonds. The molecule has 108 valence electrons. The fourth-order valence-corrected chi connectivity index (χ4v) is 3.32. The first-order chi connectivity index (χ1) is 10.1. The predicted octanol–water partition coefficient (Wildman–Crippen LogP) is 3.74. The largest absolute Gasteiger partial charge is 0.302 e. The van der Waals surface area contributed by atoms with Gasteiger partial charge in [-0.2, -0.15) is 0 Å². The van der Waals surface area contributed by atoms with Gasteiger partial charge < -0.3 is 5.32 Å². The molecule has 0 aliphatic heterocycles. The van der Waals surface area contributed by atoms with Gasteiger partial charge in [0.2, 0.25) is 5.91 Å². The lowest BCUT2D eigenvalue weighted by Gasteiger charge is -2.03. The molecule has 2 atom stereocenters. The third-order valence-electron chi connectivity index (χ3n) is 3.53. The molecule has 1 aliphatic carbocycles. The number of amides is 1. The van der Waals surface area contributed by atoms with Gasteiger partial charge in [-0.05, 0) is 24.0 Å². The lowest BCUT2D eigenvalue weighted by molar-refractivity contribution is -0.117. The molecule has 6 heteroatoms. The van der Waals surface area contributed by atoms with Gasteiger partial charge in [0.1, 0.15) is 5.69 Å². The van der Waals surface area contributed by atoms with Crippen molar-refractivity contribution in [2.45, 2.75) is 19.3 Å². The van der Waals surface area contributed by atoms with E-state index < -0.39 is 0 Å². The van der Waals surface area contributed by atoms with E-state index in [9.17, 15) is 9.59 Å². The number of thiazole rings is 1. The normalized spacial score (nSPS) is 20.1. The number of Topliss-reactive ketones (excluding diaryl/α,β-unsaturated/α-hetero) is 1. The predicted molar refractivity (Wildman–Crippen MR) is 83.0 cm³/mol. The molecule has 1 aromatic carbocycles. The first kappa shape index (κ1) is 14.2. The lowest BCUT2D eigenvalue weighted by Crippen LogP contribution is -2.14. The molecule has 4 nitrogen and oxygen atoms in total. The Morgan fingerprint density at radius 3 is 2.81 bits per heavy atom. The number of carbonyl (C=O) groups excluding carboxylic acids is 2. The zero-order valence-corrected chi connectivity index (χ0v) is 12.9. The summed E-state index contributed by atoms with van der Waals surface area (Å²) in [6, 6.07) is 7.60. The lowest BCUT2D eigenvalue weighted by atomic mass is 10.1. The minimum atomic E-state index is -0.105. The maximum Gasteiger partial charge on any atom is 0.229 e. The van der Waals surface area contributed by atoms with Crippen molar-refractivity contribution in [3.63, 3.8) is 0 Å². The number of halogens is 1. The SMILES string of the molecule is CC(=O)c1csc(NC(=O)C2CC2c2ccccc2Cl)n1. The van der Waals surface area contributed by atoms with Gasteiger partial charge in [0, 0.05) is 23.2 Å². The summed E-state index contributed by atoms with van der Waals surface area (Å²) in [6.45, 7) is 1.45. The van der Waals surface area contributed by atoms with Crippen LogP contribution in [0.4, 0.5) is 5.13 Å². The number of nitrogens with one attached hydrogen (secondary N) is 1. The highest BCUT2D eigenvalue weighted by molar-refractivity contribution is 7.14. The fourth-order valence-electron chi connectivity index (χ4n) is 2.30. The van der Waals surface area contributed by atoms with Crippen LogP contribution >= 0.6 is 22.9 Å². The molecule has 0 spiro atoms. The Morgan fingerprint density at radius 2 is 2.14 bits per heavy atom. The van der Waals surface area contributed by atoms with Gasteiger partial charge >= 0.3 is 0 Å². The monoisotopic (exact) mass is 320 g/mol. The van der Waals surface area contributed by atoms with Gasteiger partial charge in [0.05, 0.1) is 0 Å². The average molecular weight is 321 g/mol. The third-order valence-corrected chi connectivity index (χ3v) is 4.63. The third kappa shape index (κ3) is 2.99. The van der Waals surface area contributed by atoms with Crippen LogP contribution in [0.15, 0.2) is 29.6 Å². The first-order valence-corrected chi connectivity index (χ1v) is 7.84. The van der Waals surface area contributed by atoms with Crippen LogP contribution in [0, 0.1) is 5.92 Å². The van der Waals surface area contributed by atoms with Gasteiger partial charge in [0.15, 0.2) is 10.9 Å². The summed E-state index contributed by atoms with van der Waals surface area (Å²) in [6.07, 6.45) is 0.792. The molecular formula is C15H13ClN2O2S. The summed E-state index contributed by atoms with van der Waals surface area (Å²) >= 11 is 7.41. The van der Waals surface area contributed by atoms with Gasteiger partial charge in [-0.1, -0.05) is 29.8 Å². The van der Waals surface area contributed by atoms with E-state index in [4.69, 9.17) is 11.6 Å². The van der Waals surface area contributed by atoms with E-state index in [0.29, 0.717) is 15.8 Å². The van der Waals surface area contributed by atoms with Crippen LogP contribution in [0.25, 0.3) is 0 Å². The Balaban J connectivity index is 1.65. The first-order valence-electron chi connectivity index (χ1n) is 6.58. The molecule has 1 saturated carbocycles. The standard InChI is InChI=1S/C15H13ClN2O2S/c1-8(19)13-7-21-15(17-13)18-14(20)11-6-10(11)9-4-2-3-5-12(9)16/h2-5,7,10-11H,6H2,1H3,(H,17,18,20). The fraction of sp³-hybridized carbons (Fsp3) is 0.267. The van der Waals surface area contributed by atoms with Crippen LogP contribution in [0.1, 0.15) is 35.3 Å². The molecule has 1 aliphatic rings. The van der Waals surface area contributed by atoms with E-state index >= 15 is 0 Å². The van der Waals surface area contributed by atoms with Crippen LogP contribution in [0.3, 0.4) is 0 Å². The molecule has 3 rings (SSSR count). The number of hydrogen-bond donors (Lipinski definition) is 1. The van der Waals surface area contributed by atoms with E-state index in [1.807, 2.05) is 24.3 Å². The summed E-state index contributed by atoms with van der Waals surface area (Å²) in [5.74, 6) is -0.0722. The Hall–Kier alpha value is -1.72. The summed E-state index contributed by atoms with van der Waals surface area (Å²) in [5, 5.41) is 5.59. The number of aromatic nitrogens is 1. The molecule has 21 heavy (non-hydrogen) atoms. The van der Waals surface area contributed by atoms with Gasteiger partial charge in [0.25, 0.3) is 0 Å². The number of carbonyl (C=O) groups is 2. The highest BCUT2D eigenvalue weighted by Gasteiger charge is 2.45. The Labute approximate surface area is 131 Å². The molecule has 1 N–H and O–H groups in total. The van der Waals surface area contributed by atoms with E-state index in [1.54, 1.807) is 5.38 Å². The zero-order valence-electron chi connectivity index (χ0n) is 11.3. The van der Waals surface area contributed by atoms with E-state index in [0.717, 1.165) is 12.0 Å². The maximum atomic E-state index is 12.2. The van der Waals surface area contributed by atoms with Crippen molar-refractivity contribution in [1.82, 2.24) is 4.98 Å². The Morgan fingerprint density at radius 1 is 1.38 bits per heavy atom. The molecule has 1 heterocycles. The van der Waals surface area contributed by atoms with Crippen molar-refractivity contribution in [1.29, 1.82) is 0 Å². The van der Waals surface area contributed by atoms with Gasteiger partial charge in [-0.15, -0.1) is 11.3 Å². The highest BCUT2D eigenvalue weighted by atomic mass is 35.5. The number of ketones is 1. The van der Waals surface area contributed by atoms with Crippen molar-refractivity contribution >= 4 is 39.8 Å². The summed E-state index contributed by atoms with van der Waals surface area (Å²) in [5.41, 5.74) is 1.40. The Kier molecular flexibility index (Phi) is 3.78. The van der Waals surface area contributed by atoms with Crippen molar-refractivity contribution < 1.29 is 9.59 Å². The van der Waals surface area contributed by atoms with Gasteiger partial charge in [-0.25, -0.2) is 4.98 Å². The molecule has 1 aromatic heterocycles. The summed E-state index contributed by atoms with van der Waals surface area (Å²) < 4.78 is 0. The number of nitrogens with zero attached hydrogens (tertiary/aromatic N) is 1. The quantitative estimate of drug-likeness (QED) is 0.873. The number of rotatable bonds is 4. The Bertz CT molecular complexity index is 713. The van der Waals surface area contributed by atoms with Crippen molar-refractivity contribution in [3.05, 3.63) is 45.9 Å². The van der Waals surface area contributed by atoms with Crippen molar-refractivity contribution in [2.24, 2.45) is 5.92 Å². The van der Waals surface area contributed by atoms with Crippen molar-refractivity contribution in [3.8, 4) is 0 Å². The van der Waals surface area contributed by atoms with E-state index in [-0.39, 0.29) is 23.5 Å². The van der Waals surface area contributed by atoms with Crippen LogP contribution in [-0.2, 0) is 4.79 Å². The second-order valence-electron chi connectivity index (χ2n) is 5.05. The average Bonchev–Trinajstić information content (AvgIpc) is 3.11. The van der Waals surface area contributed by atoms with E-state index in [2.05, 4.69) is 10.3 Å². The number of benzene rings is 1. The molecule has 2 aromatic rings. The molecule has 0 bridgehead atoms. The van der Waals surface area contributed by atoms with Crippen LogP contribution < -0.4 is 5.32 Å². The maximum absolute atomic E-state index is 12.2. The zero-order chi connectivity index (χ0) is 15.0. The molecule has 0 saturated heterocycles. The molecular weight excluding hydrogens is 308 g/mol. The van der Waals surface area contributed by atoms with Crippen LogP contribution in [-0.4, -0.2) is 16.7 Å². The van der Waals surface area contributed by atoms with E-state index in [1.165, 1.54) is 18.3 Å².